The molecule has 4 heteroatoms. The van der Waals surface area contributed by atoms with E-state index in [1.807, 2.05) is 0 Å². The number of carbonyl (C=O) groups excluding carboxylic acids is 1. The number of aromatic hydroxyl groups is 1. The molecule has 1 heterocycles. The molecule has 0 aliphatic carbocycles. The number of halogens is 1. The largest absolute Gasteiger partial charge is 0.508 e. The summed E-state index contributed by atoms with van der Waals surface area (Å²) in [5.41, 5.74) is 2.54. The summed E-state index contributed by atoms with van der Waals surface area (Å²) in [7, 11) is 0. The van der Waals surface area contributed by atoms with E-state index < -0.39 is 0 Å². The van der Waals surface area contributed by atoms with Gasteiger partial charge in [-0.05, 0) is 41.5 Å². The van der Waals surface area contributed by atoms with E-state index >= 15 is 0 Å². The van der Waals surface area contributed by atoms with Gasteiger partial charge in [-0.3, -0.25) is 4.79 Å². The Hall–Kier alpha value is -2.62. The number of carbonyl (C=O) groups is 1. The van der Waals surface area contributed by atoms with Crippen molar-refractivity contribution in [2.45, 2.75) is 12.8 Å². The van der Waals surface area contributed by atoms with Crippen LogP contribution in [0.15, 0.2) is 48.7 Å². The first-order valence-electron chi connectivity index (χ1n) is 6.67. The van der Waals surface area contributed by atoms with Gasteiger partial charge in [0.05, 0.1) is 0 Å². The minimum Gasteiger partial charge on any atom is -0.508 e. The number of H-pyrrole nitrogens is 1. The Morgan fingerprint density at radius 2 is 1.86 bits per heavy atom. The molecule has 0 aliphatic heterocycles. The number of rotatable bonds is 4. The van der Waals surface area contributed by atoms with Gasteiger partial charge in [0.1, 0.15) is 17.3 Å². The standard InChI is InChI=1S/C17H14FNO2/c18-13-3-1-11(2-4-13)7-15(21)8-12-10-19-17-6-5-14(20)9-16(12)17/h1-6,9-10,19-20H,7-8H2/i18-1. The molecule has 3 rings (SSSR count). The Morgan fingerprint density at radius 1 is 1.10 bits per heavy atom. The Balaban J connectivity index is 1.77. The number of fused-ring (bicyclic) bond motifs is 1. The van der Waals surface area contributed by atoms with Gasteiger partial charge in [-0.1, -0.05) is 12.1 Å². The smallest absolute Gasteiger partial charge is 0.141 e. The van der Waals surface area contributed by atoms with Gasteiger partial charge in [-0.2, -0.15) is 0 Å². The van der Waals surface area contributed by atoms with Crippen molar-refractivity contribution in [3.05, 3.63) is 65.6 Å². The van der Waals surface area contributed by atoms with Gasteiger partial charge >= 0.3 is 0 Å². The minimum absolute atomic E-state index is 0.0471. The van der Waals surface area contributed by atoms with Gasteiger partial charge < -0.3 is 10.1 Å². The van der Waals surface area contributed by atoms with Crippen LogP contribution in [0.4, 0.5) is 4.39 Å². The zero-order valence-electron chi connectivity index (χ0n) is 11.3. The Bertz CT molecular complexity index is 790. The highest BCUT2D eigenvalue weighted by Gasteiger charge is 2.10. The van der Waals surface area contributed by atoms with E-state index in [1.165, 1.54) is 12.1 Å². The summed E-state index contributed by atoms with van der Waals surface area (Å²) in [6.45, 7) is 0. The molecule has 3 aromatic rings. The number of aromatic amines is 1. The van der Waals surface area contributed by atoms with E-state index in [-0.39, 0.29) is 30.2 Å². The van der Waals surface area contributed by atoms with Crippen molar-refractivity contribution in [2.24, 2.45) is 0 Å². The van der Waals surface area contributed by atoms with Crippen LogP contribution in [0.3, 0.4) is 0 Å². The van der Waals surface area contributed by atoms with Gasteiger partial charge in [0, 0.05) is 29.9 Å². The van der Waals surface area contributed by atoms with Crippen molar-refractivity contribution in [1.82, 2.24) is 4.98 Å². The van der Waals surface area contributed by atoms with Crippen LogP contribution in [-0.2, 0) is 17.6 Å². The van der Waals surface area contributed by atoms with E-state index in [9.17, 15) is 14.3 Å². The SMILES string of the molecule is O=C(Cc1ccc([18F])cc1)Cc1c[nH]c2ccc(O)cc12. The van der Waals surface area contributed by atoms with Crippen LogP contribution >= 0.6 is 0 Å². The average Bonchev–Trinajstić information content (AvgIpc) is 2.84. The van der Waals surface area contributed by atoms with Gasteiger partial charge in [0.15, 0.2) is 0 Å². The number of hydrogen-bond acceptors (Lipinski definition) is 2. The van der Waals surface area contributed by atoms with E-state index in [4.69, 9.17) is 0 Å². The van der Waals surface area contributed by atoms with Crippen LogP contribution in [0.1, 0.15) is 11.1 Å². The molecule has 106 valence electrons. The Labute approximate surface area is 121 Å². The number of nitrogens with one attached hydrogen (secondary N) is 1. The fourth-order valence-corrected chi connectivity index (χ4v) is 2.42. The normalized spacial score (nSPS) is 10.9. The molecule has 3 nitrogen and oxygen atoms in total. The average molecular weight is 282 g/mol. The van der Waals surface area contributed by atoms with Crippen LogP contribution in [0, 0.1) is 5.82 Å². The highest BCUT2D eigenvalue weighted by atomic mass is 18.2. The van der Waals surface area contributed by atoms with Crippen LogP contribution in [0.2, 0.25) is 0 Å². The Kier molecular flexibility index (Phi) is 3.44. The van der Waals surface area contributed by atoms with Gasteiger partial charge in [-0.15, -0.1) is 0 Å². The summed E-state index contributed by atoms with van der Waals surface area (Å²) >= 11 is 0. The molecule has 21 heavy (non-hydrogen) atoms. The molecule has 0 aliphatic rings. The van der Waals surface area contributed by atoms with Crippen molar-refractivity contribution >= 4 is 16.7 Å². The van der Waals surface area contributed by atoms with Gasteiger partial charge in [0.25, 0.3) is 0 Å². The second-order valence-electron chi connectivity index (χ2n) is 5.06. The molecule has 0 radical (unpaired) electrons. The van der Waals surface area contributed by atoms with Gasteiger partial charge in [-0.25, -0.2) is 4.39 Å². The second kappa shape index (κ2) is 5.40. The van der Waals surface area contributed by atoms with Crippen molar-refractivity contribution in [3.8, 4) is 5.75 Å². The van der Waals surface area contributed by atoms with Crippen LogP contribution in [0.5, 0.6) is 5.75 Å². The number of hydrogen-bond donors (Lipinski definition) is 2. The predicted molar refractivity (Wildman–Crippen MR) is 78.8 cm³/mol. The fraction of sp³-hybridized carbons (Fsp3) is 0.118. The first kappa shape index (κ1) is 13.4. The second-order valence-corrected chi connectivity index (χ2v) is 5.06. The van der Waals surface area contributed by atoms with Crippen molar-refractivity contribution < 1.29 is 14.3 Å². The maximum Gasteiger partial charge on any atom is 0.141 e. The highest BCUT2D eigenvalue weighted by molar-refractivity contribution is 5.91. The number of phenolic OH excluding ortho intramolecular Hbond substituents is 1. The van der Waals surface area contributed by atoms with Gasteiger partial charge in [0.2, 0.25) is 0 Å². The number of benzene rings is 2. The summed E-state index contributed by atoms with van der Waals surface area (Å²) in [5.74, 6) is -0.0847. The number of phenols is 1. The molecule has 0 fully saturated rings. The third kappa shape index (κ3) is 2.94. The molecule has 0 amide bonds. The van der Waals surface area contributed by atoms with Crippen LogP contribution < -0.4 is 0 Å². The molecule has 2 aromatic carbocycles. The minimum atomic E-state index is -0.307. The van der Waals surface area contributed by atoms with Crippen molar-refractivity contribution in [1.29, 1.82) is 0 Å². The molecule has 0 atom stereocenters. The Morgan fingerprint density at radius 3 is 2.62 bits per heavy atom. The fourth-order valence-electron chi connectivity index (χ4n) is 2.42. The first-order valence-corrected chi connectivity index (χ1v) is 6.67. The lowest BCUT2D eigenvalue weighted by molar-refractivity contribution is -0.117. The molecule has 1 aromatic heterocycles. The molecular formula is C17H14FNO2. The number of aromatic nitrogens is 1. The lowest BCUT2D eigenvalue weighted by Gasteiger charge is -2.02. The third-order valence-electron chi connectivity index (χ3n) is 3.45. The molecule has 2 N–H and O–H groups in total. The zero-order valence-corrected chi connectivity index (χ0v) is 11.3. The molecular weight excluding hydrogens is 268 g/mol. The molecule has 0 spiro atoms. The molecule has 0 unspecified atom stereocenters. The lowest BCUT2D eigenvalue weighted by atomic mass is 10.0. The van der Waals surface area contributed by atoms with Crippen molar-refractivity contribution in [2.75, 3.05) is 0 Å². The summed E-state index contributed by atoms with van der Waals surface area (Å²) in [6, 6.07) is 11.0. The topological polar surface area (TPSA) is 53.1 Å². The molecule has 0 saturated heterocycles. The van der Waals surface area contributed by atoms with Crippen molar-refractivity contribution in [3.63, 3.8) is 0 Å². The van der Waals surface area contributed by atoms with E-state index in [0.717, 1.165) is 22.0 Å². The highest BCUT2D eigenvalue weighted by Crippen LogP contribution is 2.23. The summed E-state index contributed by atoms with van der Waals surface area (Å²) in [4.78, 5) is 15.2. The quantitative estimate of drug-likeness (QED) is 0.771. The van der Waals surface area contributed by atoms with Crippen LogP contribution in [0.25, 0.3) is 10.9 Å². The monoisotopic (exact) mass is 282 g/mol. The molecule has 0 bridgehead atoms. The summed E-state index contributed by atoms with van der Waals surface area (Å²) in [5, 5.41) is 10.4. The zero-order chi connectivity index (χ0) is 14.8. The maximum absolute atomic E-state index is 12.8. The lowest BCUT2D eigenvalue weighted by Crippen LogP contribution is -2.06. The number of Topliss-reactive ketones (excluding diaryl/α,β-unsaturated/α-hetero) is 1. The summed E-state index contributed by atoms with van der Waals surface area (Å²) in [6.07, 6.45) is 2.33. The molecule has 0 saturated carbocycles. The van der Waals surface area contributed by atoms with E-state index in [0.29, 0.717) is 0 Å². The van der Waals surface area contributed by atoms with Crippen LogP contribution in [-0.4, -0.2) is 15.9 Å². The first-order chi connectivity index (χ1) is 10.1. The third-order valence-corrected chi connectivity index (χ3v) is 3.45. The van der Waals surface area contributed by atoms with E-state index in [1.54, 1.807) is 36.5 Å². The predicted octanol–water partition coefficient (Wildman–Crippen LogP) is 3.37. The summed E-state index contributed by atoms with van der Waals surface area (Å²) < 4.78 is 12.8. The maximum atomic E-state index is 12.8. The van der Waals surface area contributed by atoms with E-state index in [2.05, 4.69) is 4.98 Å². The number of ketones is 1.